The monoisotopic (exact) mass is 268 g/mol. The van der Waals surface area contributed by atoms with Crippen LogP contribution in [0.5, 0.6) is 5.75 Å². The van der Waals surface area contributed by atoms with Gasteiger partial charge in [0.2, 0.25) is 0 Å². The number of hydrogen-bond donors (Lipinski definition) is 1. The summed E-state index contributed by atoms with van der Waals surface area (Å²) in [6.07, 6.45) is 0. The van der Waals surface area contributed by atoms with E-state index in [4.69, 9.17) is 10.5 Å². The zero-order valence-electron chi connectivity index (χ0n) is 8.75. The first-order valence-electron chi connectivity index (χ1n) is 4.70. The van der Waals surface area contributed by atoms with Gasteiger partial charge < -0.3 is 15.0 Å². The summed E-state index contributed by atoms with van der Waals surface area (Å²) in [6.45, 7) is 0.522. The maximum absolute atomic E-state index is 5.70. The van der Waals surface area contributed by atoms with Gasteiger partial charge in [0.1, 0.15) is 5.75 Å². The molecule has 0 spiro atoms. The van der Waals surface area contributed by atoms with Crippen LogP contribution in [0.2, 0.25) is 0 Å². The molecule has 0 atom stereocenters. The van der Waals surface area contributed by atoms with E-state index in [0.29, 0.717) is 6.54 Å². The van der Waals surface area contributed by atoms with Gasteiger partial charge in [-0.3, -0.25) is 0 Å². The average Bonchev–Trinajstić information content (AvgIpc) is 2.51. The molecule has 0 saturated heterocycles. The van der Waals surface area contributed by atoms with Crippen LogP contribution in [0, 0.1) is 0 Å². The average molecular weight is 269 g/mol. The molecule has 1 aromatic heterocycles. The molecule has 4 heteroatoms. The number of nitrogens with zero attached hydrogens (tertiary/aromatic N) is 1. The van der Waals surface area contributed by atoms with Crippen molar-refractivity contribution in [2.45, 2.75) is 6.54 Å². The second-order valence-electron chi connectivity index (χ2n) is 3.41. The molecule has 2 rings (SSSR count). The lowest BCUT2D eigenvalue weighted by molar-refractivity contribution is 0.415. The number of rotatable bonds is 2. The molecule has 2 aromatic rings. The molecule has 0 unspecified atom stereocenters. The largest absolute Gasteiger partial charge is 0.497 e. The predicted octanol–water partition coefficient (Wildman–Crippen LogP) is 2.41. The topological polar surface area (TPSA) is 40.2 Å². The summed E-state index contributed by atoms with van der Waals surface area (Å²) in [7, 11) is 3.68. The number of hydrogen-bond acceptors (Lipinski definition) is 2. The third-order valence-electron chi connectivity index (χ3n) is 2.65. The lowest BCUT2D eigenvalue weighted by atomic mass is 10.2. The van der Waals surface area contributed by atoms with Crippen LogP contribution in [0.25, 0.3) is 10.9 Å². The minimum Gasteiger partial charge on any atom is -0.497 e. The molecule has 1 heterocycles. The van der Waals surface area contributed by atoms with Crippen molar-refractivity contribution in [3.63, 3.8) is 0 Å². The highest BCUT2D eigenvalue weighted by molar-refractivity contribution is 9.10. The molecule has 1 aromatic carbocycles. The third kappa shape index (κ3) is 1.54. The van der Waals surface area contributed by atoms with Gasteiger partial charge in [0, 0.05) is 35.2 Å². The fourth-order valence-electron chi connectivity index (χ4n) is 1.78. The number of fused-ring (bicyclic) bond motifs is 1. The highest BCUT2D eigenvalue weighted by Crippen LogP contribution is 2.32. The summed E-state index contributed by atoms with van der Waals surface area (Å²) >= 11 is 3.57. The summed E-state index contributed by atoms with van der Waals surface area (Å²) in [5, 5.41) is 1.17. The summed E-state index contributed by atoms with van der Waals surface area (Å²) in [4.78, 5) is 0. The molecular weight excluding hydrogens is 256 g/mol. The number of aryl methyl sites for hydroxylation is 1. The van der Waals surface area contributed by atoms with Crippen molar-refractivity contribution in [2.75, 3.05) is 7.11 Å². The standard InChI is InChI=1S/C11H13BrN2O/c1-14-9-5-7(15-2)3-4-8(9)11(12)10(14)6-13/h3-5H,6,13H2,1-2H3. The Morgan fingerprint density at radius 1 is 1.47 bits per heavy atom. The van der Waals surface area contributed by atoms with Gasteiger partial charge in [-0.1, -0.05) is 0 Å². The first-order chi connectivity index (χ1) is 7.19. The summed E-state index contributed by atoms with van der Waals surface area (Å²) in [5.41, 5.74) is 7.93. The Hall–Kier alpha value is -1.00. The number of benzene rings is 1. The van der Waals surface area contributed by atoms with Crippen molar-refractivity contribution >= 4 is 26.8 Å². The van der Waals surface area contributed by atoms with E-state index in [0.717, 1.165) is 21.4 Å². The zero-order valence-corrected chi connectivity index (χ0v) is 10.3. The van der Waals surface area contributed by atoms with E-state index in [1.165, 1.54) is 5.39 Å². The van der Waals surface area contributed by atoms with Gasteiger partial charge in [-0.15, -0.1) is 0 Å². The molecule has 80 valence electrons. The van der Waals surface area contributed by atoms with Crippen LogP contribution in [-0.4, -0.2) is 11.7 Å². The van der Waals surface area contributed by atoms with Gasteiger partial charge in [0.25, 0.3) is 0 Å². The maximum Gasteiger partial charge on any atom is 0.120 e. The van der Waals surface area contributed by atoms with E-state index in [-0.39, 0.29) is 0 Å². The predicted molar refractivity (Wildman–Crippen MR) is 65.1 cm³/mol. The fourth-order valence-corrected chi connectivity index (χ4v) is 2.54. The van der Waals surface area contributed by atoms with Crippen LogP contribution < -0.4 is 10.5 Å². The van der Waals surface area contributed by atoms with Crippen molar-refractivity contribution < 1.29 is 4.74 Å². The van der Waals surface area contributed by atoms with Crippen LogP contribution in [-0.2, 0) is 13.6 Å². The zero-order chi connectivity index (χ0) is 11.0. The Labute approximate surface area is 96.9 Å². The number of ether oxygens (including phenoxy) is 1. The van der Waals surface area contributed by atoms with Crippen molar-refractivity contribution in [2.24, 2.45) is 12.8 Å². The van der Waals surface area contributed by atoms with Crippen LogP contribution in [0.15, 0.2) is 22.7 Å². The maximum atomic E-state index is 5.70. The lowest BCUT2D eigenvalue weighted by Gasteiger charge is -2.02. The molecule has 2 N–H and O–H groups in total. The molecular formula is C11H13BrN2O. The van der Waals surface area contributed by atoms with E-state index in [1.54, 1.807) is 7.11 Å². The Kier molecular flexibility index (Phi) is 2.71. The van der Waals surface area contributed by atoms with Crippen molar-refractivity contribution in [1.82, 2.24) is 4.57 Å². The van der Waals surface area contributed by atoms with Crippen LogP contribution in [0.3, 0.4) is 0 Å². The van der Waals surface area contributed by atoms with E-state index in [1.807, 2.05) is 25.2 Å². The Balaban J connectivity index is 2.77. The van der Waals surface area contributed by atoms with E-state index in [2.05, 4.69) is 20.5 Å². The Bertz CT molecular complexity index is 505. The lowest BCUT2D eigenvalue weighted by Crippen LogP contribution is -2.03. The van der Waals surface area contributed by atoms with Gasteiger partial charge >= 0.3 is 0 Å². The molecule has 3 nitrogen and oxygen atoms in total. The van der Waals surface area contributed by atoms with Crippen LogP contribution in [0.4, 0.5) is 0 Å². The first-order valence-corrected chi connectivity index (χ1v) is 5.49. The van der Waals surface area contributed by atoms with Gasteiger partial charge in [-0.2, -0.15) is 0 Å². The Morgan fingerprint density at radius 3 is 2.80 bits per heavy atom. The number of methoxy groups -OCH3 is 1. The molecule has 0 fully saturated rings. The van der Waals surface area contributed by atoms with Gasteiger partial charge in [0.15, 0.2) is 0 Å². The van der Waals surface area contributed by atoms with Crippen LogP contribution in [0.1, 0.15) is 5.69 Å². The number of halogens is 1. The first kappa shape index (κ1) is 10.5. The smallest absolute Gasteiger partial charge is 0.120 e. The van der Waals surface area contributed by atoms with Crippen molar-refractivity contribution in [3.05, 3.63) is 28.4 Å². The van der Waals surface area contributed by atoms with E-state index in [9.17, 15) is 0 Å². The molecule has 15 heavy (non-hydrogen) atoms. The number of nitrogens with two attached hydrogens (primary N) is 1. The van der Waals surface area contributed by atoms with Crippen molar-refractivity contribution in [1.29, 1.82) is 0 Å². The van der Waals surface area contributed by atoms with Gasteiger partial charge in [0.05, 0.1) is 12.6 Å². The Morgan fingerprint density at radius 2 is 2.20 bits per heavy atom. The minimum atomic E-state index is 0.522. The SMILES string of the molecule is COc1ccc2c(Br)c(CN)n(C)c2c1. The molecule has 0 bridgehead atoms. The van der Waals surface area contributed by atoms with Crippen molar-refractivity contribution in [3.8, 4) is 5.75 Å². The highest BCUT2D eigenvalue weighted by atomic mass is 79.9. The summed E-state index contributed by atoms with van der Waals surface area (Å²) in [5.74, 6) is 0.860. The highest BCUT2D eigenvalue weighted by Gasteiger charge is 2.11. The molecule has 0 amide bonds. The fraction of sp³-hybridized carbons (Fsp3) is 0.273. The molecule has 0 aliphatic heterocycles. The third-order valence-corrected chi connectivity index (χ3v) is 3.54. The summed E-state index contributed by atoms with van der Waals surface area (Å²) < 4.78 is 8.36. The van der Waals surface area contributed by atoms with E-state index >= 15 is 0 Å². The molecule has 0 aliphatic carbocycles. The normalized spacial score (nSPS) is 10.9. The number of aromatic nitrogens is 1. The minimum absolute atomic E-state index is 0.522. The second kappa shape index (κ2) is 3.87. The van der Waals surface area contributed by atoms with Gasteiger partial charge in [-0.25, -0.2) is 0 Å². The second-order valence-corrected chi connectivity index (χ2v) is 4.20. The molecule has 0 radical (unpaired) electrons. The molecule has 0 aliphatic rings. The van der Waals surface area contributed by atoms with Gasteiger partial charge in [-0.05, 0) is 28.1 Å². The quantitative estimate of drug-likeness (QED) is 0.909. The molecule has 0 saturated carbocycles. The van der Waals surface area contributed by atoms with Crippen LogP contribution >= 0.6 is 15.9 Å². The summed E-state index contributed by atoms with van der Waals surface area (Å²) in [6, 6.07) is 6.00. The van der Waals surface area contributed by atoms with E-state index < -0.39 is 0 Å².